The van der Waals surface area contributed by atoms with Crippen molar-refractivity contribution in [2.75, 3.05) is 14.2 Å². The van der Waals surface area contributed by atoms with Crippen LogP contribution < -0.4 is 9.47 Å². The number of pyridine rings is 1. The van der Waals surface area contributed by atoms with Crippen LogP contribution in [0.2, 0.25) is 0 Å². The van der Waals surface area contributed by atoms with Crippen LogP contribution in [0.15, 0.2) is 40.7 Å². The number of carboxylic acids is 1. The van der Waals surface area contributed by atoms with Gasteiger partial charge in [0.05, 0.1) is 25.5 Å². The van der Waals surface area contributed by atoms with E-state index in [1.807, 2.05) is 0 Å². The first kappa shape index (κ1) is 17.3. The summed E-state index contributed by atoms with van der Waals surface area (Å²) in [7, 11) is 2.83. The normalized spacial score (nSPS) is 11.2. The van der Waals surface area contributed by atoms with Crippen LogP contribution in [0.25, 0.3) is 5.65 Å². The number of azo groups is 1. The van der Waals surface area contributed by atoms with Gasteiger partial charge in [0, 0.05) is 18.3 Å². The molecule has 3 rings (SSSR count). The molecule has 0 aliphatic heterocycles. The Hall–Kier alpha value is -3.49. The van der Waals surface area contributed by atoms with E-state index in [-0.39, 0.29) is 17.0 Å². The first-order chi connectivity index (χ1) is 12.4. The average molecular weight is 358 g/mol. The molecule has 0 amide bonds. The summed E-state index contributed by atoms with van der Waals surface area (Å²) in [6.45, 7) is 1.70. The second-order valence-corrected chi connectivity index (χ2v) is 5.33. The third kappa shape index (κ3) is 3.06. The minimum absolute atomic E-state index is 0.0703. The van der Waals surface area contributed by atoms with E-state index in [9.17, 15) is 14.3 Å². The second-order valence-electron chi connectivity index (χ2n) is 5.33. The van der Waals surface area contributed by atoms with Crippen molar-refractivity contribution in [3.8, 4) is 11.5 Å². The minimum Gasteiger partial charge on any atom is -0.493 e. The zero-order chi connectivity index (χ0) is 18.8. The molecule has 3 aromatic rings. The van der Waals surface area contributed by atoms with Gasteiger partial charge < -0.3 is 14.6 Å². The van der Waals surface area contributed by atoms with Crippen LogP contribution in [0.3, 0.4) is 0 Å². The molecular formula is C17H15FN4O4. The van der Waals surface area contributed by atoms with E-state index in [1.54, 1.807) is 6.92 Å². The minimum atomic E-state index is -1.19. The predicted molar refractivity (Wildman–Crippen MR) is 90.6 cm³/mol. The number of hydrogen-bond donors (Lipinski definition) is 1. The Morgan fingerprint density at radius 3 is 2.54 bits per heavy atom. The van der Waals surface area contributed by atoms with Crippen LogP contribution in [0.4, 0.5) is 15.9 Å². The van der Waals surface area contributed by atoms with Crippen LogP contribution in [-0.4, -0.2) is 34.7 Å². The highest BCUT2D eigenvalue weighted by molar-refractivity contribution is 5.94. The maximum atomic E-state index is 13.5. The van der Waals surface area contributed by atoms with Gasteiger partial charge in [0.2, 0.25) is 0 Å². The van der Waals surface area contributed by atoms with Gasteiger partial charge in [-0.3, -0.25) is 4.40 Å². The molecule has 0 bridgehead atoms. The lowest BCUT2D eigenvalue weighted by Crippen LogP contribution is -1.99. The lowest BCUT2D eigenvalue weighted by atomic mass is 10.1. The third-order valence-electron chi connectivity index (χ3n) is 3.71. The standard InChI is InChI=1S/C17H15FN4O4/c1-9-16(22-8-10(18)4-5-15(22)19-9)21-20-12-7-14(26-3)13(25-2)6-11(12)17(23)24/h4-8H,1-3H3,(H,23,24). The zero-order valence-electron chi connectivity index (χ0n) is 14.2. The summed E-state index contributed by atoms with van der Waals surface area (Å²) in [5.74, 6) is -0.778. The molecule has 0 spiro atoms. The van der Waals surface area contributed by atoms with Gasteiger partial charge in [-0.1, -0.05) is 0 Å². The van der Waals surface area contributed by atoms with Gasteiger partial charge in [0.1, 0.15) is 17.2 Å². The Balaban J connectivity index is 2.12. The van der Waals surface area contributed by atoms with Crippen molar-refractivity contribution in [2.45, 2.75) is 6.92 Å². The lowest BCUT2D eigenvalue weighted by molar-refractivity contribution is 0.0697. The van der Waals surface area contributed by atoms with E-state index in [0.717, 1.165) is 0 Å². The molecule has 0 saturated heterocycles. The van der Waals surface area contributed by atoms with Crippen molar-refractivity contribution in [1.82, 2.24) is 9.38 Å². The summed E-state index contributed by atoms with van der Waals surface area (Å²) in [5, 5.41) is 17.5. The van der Waals surface area contributed by atoms with Gasteiger partial charge in [0.15, 0.2) is 17.3 Å². The number of hydrogen-bond acceptors (Lipinski definition) is 6. The first-order valence-corrected chi connectivity index (χ1v) is 7.50. The van der Waals surface area contributed by atoms with Crippen LogP contribution >= 0.6 is 0 Å². The van der Waals surface area contributed by atoms with Crippen LogP contribution in [-0.2, 0) is 0 Å². The quantitative estimate of drug-likeness (QED) is 0.697. The molecule has 0 unspecified atom stereocenters. The Labute approximate surface area is 147 Å². The molecule has 0 fully saturated rings. The summed E-state index contributed by atoms with van der Waals surface area (Å²) in [6.07, 6.45) is 1.23. The monoisotopic (exact) mass is 358 g/mol. The summed E-state index contributed by atoms with van der Waals surface area (Å²) >= 11 is 0. The molecule has 2 heterocycles. The number of aromatic nitrogens is 2. The number of fused-ring (bicyclic) bond motifs is 1. The highest BCUT2D eigenvalue weighted by atomic mass is 19.1. The van der Waals surface area contributed by atoms with Crippen molar-refractivity contribution in [2.24, 2.45) is 10.2 Å². The molecule has 0 aliphatic carbocycles. The average Bonchev–Trinajstić information content (AvgIpc) is 2.93. The Kier molecular flexibility index (Phi) is 4.53. The summed E-state index contributed by atoms with van der Waals surface area (Å²) in [4.78, 5) is 15.8. The van der Waals surface area contributed by atoms with Crippen LogP contribution in [0.1, 0.15) is 16.1 Å². The molecule has 1 N–H and O–H groups in total. The number of carboxylic acid groups (broad SMARTS) is 1. The SMILES string of the molecule is COc1cc(N=Nc2c(C)nc3ccc(F)cn23)c(C(=O)O)cc1OC. The molecule has 9 heteroatoms. The smallest absolute Gasteiger partial charge is 0.338 e. The van der Waals surface area contributed by atoms with Crippen molar-refractivity contribution in [3.63, 3.8) is 0 Å². The van der Waals surface area contributed by atoms with Crippen molar-refractivity contribution >= 4 is 23.1 Å². The molecular weight excluding hydrogens is 343 g/mol. The van der Waals surface area contributed by atoms with Gasteiger partial charge in [0.25, 0.3) is 0 Å². The number of aromatic carboxylic acids is 1. The molecule has 134 valence electrons. The Morgan fingerprint density at radius 1 is 1.19 bits per heavy atom. The first-order valence-electron chi connectivity index (χ1n) is 7.50. The van der Waals surface area contributed by atoms with Gasteiger partial charge in [-0.25, -0.2) is 14.2 Å². The van der Waals surface area contributed by atoms with E-state index in [0.29, 0.717) is 22.9 Å². The third-order valence-corrected chi connectivity index (χ3v) is 3.71. The Bertz CT molecular complexity index is 1030. The Morgan fingerprint density at radius 2 is 1.88 bits per heavy atom. The van der Waals surface area contributed by atoms with Crippen LogP contribution in [0, 0.1) is 12.7 Å². The van der Waals surface area contributed by atoms with Crippen LogP contribution in [0.5, 0.6) is 11.5 Å². The number of rotatable bonds is 5. The maximum Gasteiger partial charge on any atom is 0.338 e. The molecule has 8 nitrogen and oxygen atoms in total. The van der Waals surface area contributed by atoms with Gasteiger partial charge in [-0.2, -0.15) is 0 Å². The van der Waals surface area contributed by atoms with Gasteiger partial charge in [-0.05, 0) is 19.1 Å². The van der Waals surface area contributed by atoms with Crippen molar-refractivity contribution in [3.05, 3.63) is 47.5 Å². The number of methoxy groups -OCH3 is 2. The maximum absolute atomic E-state index is 13.5. The molecule has 0 aliphatic rings. The van der Waals surface area contributed by atoms with Gasteiger partial charge >= 0.3 is 5.97 Å². The van der Waals surface area contributed by atoms with E-state index >= 15 is 0 Å². The molecule has 2 aromatic heterocycles. The fourth-order valence-corrected chi connectivity index (χ4v) is 2.47. The van der Waals surface area contributed by atoms with Crippen molar-refractivity contribution in [1.29, 1.82) is 0 Å². The fraction of sp³-hybridized carbons (Fsp3) is 0.176. The molecule has 0 atom stereocenters. The highest BCUT2D eigenvalue weighted by Crippen LogP contribution is 2.36. The van der Waals surface area contributed by atoms with E-state index in [1.165, 1.54) is 49.1 Å². The zero-order valence-corrected chi connectivity index (χ0v) is 14.2. The van der Waals surface area contributed by atoms with Gasteiger partial charge in [-0.15, -0.1) is 10.2 Å². The second kappa shape index (κ2) is 6.79. The number of halogens is 1. The van der Waals surface area contributed by atoms with E-state index < -0.39 is 11.8 Å². The lowest BCUT2D eigenvalue weighted by Gasteiger charge is -2.09. The molecule has 26 heavy (non-hydrogen) atoms. The number of nitrogens with zero attached hydrogens (tertiary/aromatic N) is 4. The topological polar surface area (TPSA) is 97.8 Å². The van der Waals surface area contributed by atoms with E-state index in [2.05, 4.69) is 15.2 Å². The number of imidazole rings is 1. The molecule has 0 saturated carbocycles. The number of aryl methyl sites for hydroxylation is 1. The predicted octanol–water partition coefficient (Wildman–Crippen LogP) is 3.91. The summed E-state index contributed by atoms with van der Waals surface area (Å²) in [6, 6.07) is 5.52. The number of carbonyl (C=O) groups is 1. The molecule has 0 radical (unpaired) electrons. The summed E-state index contributed by atoms with van der Waals surface area (Å²) < 4.78 is 25.2. The summed E-state index contributed by atoms with van der Waals surface area (Å²) in [5.41, 5.74) is 0.991. The number of ether oxygens (including phenoxy) is 2. The highest BCUT2D eigenvalue weighted by Gasteiger charge is 2.17. The fourth-order valence-electron chi connectivity index (χ4n) is 2.47. The molecule has 1 aromatic carbocycles. The van der Waals surface area contributed by atoms with Crippen molar-refractivity contribution < 1.29 is 23.8 Å². The largest absolute Gasteiger partial charge is 0.493 e. The number of benzene rings is 1. The van der Waals surface area contributed by atoms with E-state index in [4.69, 9.17) is 9.47 Å².